The monoisotopic (exact) mass is 282 g/mol. The smallest absolute Gasteiger partial charge is 0.0489 e. The fraction of sp³-hybridized carbons (Fsp3) is 1.00. The third-order valence-electron chi connectivity index (χ3n) is 4.77. The van der Waals surface area contributed by atoms with E-state index in [0.717, 1.165) is 37.9 Å². The topological polar surface area (TPSA) is 24.5 Å². The van der Waals surface area contributed by atoms with Crippen molar-refractivity contribution in [3.8, 4) is 0 Å². The van der Waals surface area contributed by atoms with E-state index in [1.54, 1.807) is 0 Å². The molecule has 2 fully saturated rings. The Kier molecular flexibility index (Phi) is 6.79. The van der Waals surface area contributed by atoms with Gasteiger partial charge < -0.3 is 10.1 Å². The molecule has 2 unspecified atom stereocenters. The molecule has 2 rings (SSSR count). The van der Waals surface area contributed by atoms with E-state index in [0.29, 0.717) is 5.92 Å². The number of nitrogens with one attached hydrogen (secondary N) is 1. The van der Waals surface area contributed by atoms with Gasteiger partial charge in [-0.05, 0) is 44.6 Å². The average Bonchev–Trinajstić information content (AvgIpc) is 2.38. The molecule has 0 amide bonds. The first-order valence-electron chi connectivity index (χ1n) is 8.77. The Hall–Kier alpha value is -0.120. The fourth-order valence-electron chi connectivity index (χ4n) is 3.97. The Morgan fingerprint density at radius 3 is 2.50 bits per heavy atom. The summed E-state index contributed by atoms with van der Waals surface area (Å²) >= 11 is 0. The van der Waals surface area contributed by atoms with Gasteiger partial charge in [0, 0.05) is 37.9 Å². The highest BCUT2D eigenvalue weighted by atomic mass is 16.5. The van der Waals surface area contributed by atoms with Crippen molar-refractivity contribution in [1.82, 2.24) is 10.2 Å². The van der Waals surface area contributed by atoms with Crippen LogP contribution in [0.4, 0.5) is 0 Å². The molecule has 20 heavy (non-hydrogen) atoms. The van der Waals surface area contributed by atoms with E-state index in [4.69, 9.17) is 4.74 Å². The summed E-state index contributed by atoms with van der Waals surface area (Å²) in [7, 11) is 0. The molecule has 3 nitrogen and oxygen atoms in total. The highest BCUT2D eigenvalue weighted by Gasteiger charge is 2.37. The van der Waals surface area contributed by atoms with Gasteiger partial charge in [-0.15, -0.1) is 0 Å². The van der Waals surface area contributed by atoms with Crippen LogP contribution < -0.4 is 5.32 Å². The Morgan fingerprint density at radius 1 is 1.20 bits per heavy atom. The van der Waals surface area contributed by atoms with Crippen LogP contribution in [0.2, 0.25) is 0 Å². The molecular weight excluding hydrogens is 248 g/mol. The summed E-state index contributed by atoms with van der Waals surface area (Å²) in [6, 6.07) is 2.43. The van der Waals surface area contributed by atoms with Crippen LogP contribution >= 0.6 is 0 Å². The molecule has 0 aromatic rings. The van der Waals surface area contributed by atoms with Gasteiger partial charge in [-0.1, -0.05) is 27.2 Å². The number of hydrogen-bond donors (Lipinski definition) is 1. The maximum atomic E-state index is 5.73. The van der Waals surface area contributed by atoms with Crippen molar-refractivity contribution in [2.45, 2.75) is 77.4 Å². The molecule has 3 heteroatoms. The molecule has 0 aromatic heterocycles. The van der Waals surface area contributed by atoms with Crippen molar-refractivity contribution in [2.75, 3.05) is 26.3 Å². The van der Waals surface area contributed by atoms with Crippen molar-refractivity contribution in [3.63, 3.8) is 0 Å². The van der Waals surface area contributed by atoms with Crippen molar-refractivity contribution >= 4 is 0 Å². The maximum Gasteiger partial charge on any atom is 0.0489 e. The summed E-state index contributed by atoms with van der Waals surface area (Å²) in [4.78, 5) is 2.80. The molecular formula is C17H34N2O. The zero-order valence-electron chi connectivity index (χ0n) is 13.7. The van der Waals surface area contributed by atoms with Crippen LogP contribution in [0, 0.1) is 5.92 Å². The molecule has 2 aliphatic rings. The second-order valence-electron chi connectivity index (χ2n) is 7.02. The summed E-state index contributed by atoms with van der Waals surface area (Å²) < 4.78 is 5.73. The standard InChI is InChI=1S/C17H34N2O/c1-4-18-15-11-16-7-5-8-17(12-15)19(16)9-6-10-20-13-14(2)3/h14-18H,4-13H2,1-3H3. The number of hydrogen-bond acceptors (Lipinski definition) is 3. The van der Waals surface area contributed by atoms with Crippen molar-refractivity contribution in [2.24, 2.45) is 5.92 Å². The predicted molar refractivity (Wildman–Crippen MR) is 85.1 cm³/mol. The highest BCUT2D eigenvalue weighted by molar-refractivity contribution is 4.94. The van der Waals surface area contributed by atoms with Gasteiger partial charge in [0.05, 0.1) is 0 Å². The van der Waals surface area contributed by atoms with Gasteiger partial charge in [-0.25, -0.2) is 0 Å². The minimum absolute atomic E-state index is 0.658. The SMILES string of the molecule is CCNC1CC2CCCC(C1)N2CCCOCC(C)C. The van der Waals surface area contributed by atoms with Crippen molar-refractivity contribution < 1.29 is 4.74 Å². The van der Waals surface area contributed by atoms with E-state index >= 15 is 0 Å². The summed E-state index contributed by atoms with van der Waals surface area (Å²) in [6.45, 7) is 10.9. The fourth-order valence-corrected chi connectivity index (χ4v) is 3.97. The van der Waals surface area contributed by atoms with Crippen molar-refractivity contribution in [3.05, 3.63) is 0 Å². The first-order valence-corrected chi connectivity index (χ1v) is 8.77. The largest absolute Gasteiger partial charge is 0.381 e. The quantitative estimate of drug-likeness (QED) is 0.693. The zero-order chi connectivity index (χ0) is 14.4. The van der Waals surface area contributed by atoms with Crippen LogP contribution in [0.1, 0.15) is 59.3 Å². The average molecular weight is 282 g/mol. The van der Waals surface area contributed by atoms with E-state index in [2.05, 4.69) is 31.0 Å². The minimum Gasteiger partial charge on any atom is -0.381 e. The van der Waals surface area contributed by atoms with Crippen molar-refractivity contribution in [1.29, 1.82) is 0 Å². The number of nitrogens with zero attached hydrogens (tertiary/aromatic N) is 1. The van der Waals surface area contributed by atoms with Gasteiger partial charge in [0.25, 0.3) is 0 Å². The number of fused-ring (bicyclic) bond motifs is 2. The number of piperidine rings is 2. The molecule has 0 spiro atoms. The van der Waals surface area contributed by atoms with E-state index in [1.807, 2.05) is 0 Å². The normalized spacial score (nSPS) is 30.9. The Bertz CT molecular complexity index is 256. The number of ether oxygens (including phenoxy) is 1. The lowest BCUT2D eigenvalue weighted by molar-refractivity contribution is 0.0145. The van der Waals surface area contributed by atoms with E-state index in [1.165, 1.54) is 45.1 Å². The Morgan fingerprint density at radius 2 is 1.90 bits per heavy atom. The van der Waals surface area contributed by atoms with Crippen LogP contribution in [-0.4, -0.2) is 49.3 Å². The Labute approximate surface area is 125 Å². The van der Waals surface area contributed by atoms with Gasteiger partial charge in [-0.2, -0.15) is 0 Å². The van der Waals surface area contributed by atoms with Gasteiger partial charge >= 0.3 is 0 Å². The van der Waals surface area contributed by atoms with E-state index < -0.39 is 0 Å². The lowest BCUT2D eigenvalue weighted by Gasteiger charge is -2.49. The number of rotatable bonds is 8. The minimum atomic E-state index is 0.658. The van der Waals surface area contributed by atoms with Crippen LogP contribution in [0.3, 0.4) is 0 Å². The molecule has 2 saturated heterocycles. The summed E-state index contributed by atoms with van der Waals surface area (Å²) in [5.74, 6) is 0.658. The van der Waals surface area contributed by atoms with E-state index in [9.17, 15) is 0 Å². The summed E-state index contributed by atoms with van der Waals surface area (Å²) in [6.07, 6.45) is 8.17. The molecule has 0 saturated carbocycles. The zero-order valence-corrected chi connectivity index (χ0v) is 13.7. The van der Waals surface area contributed by atoms with Gasteiger partial charge in [0.1, 0.15) is 0 Å². The summed E-state index contributed by atoms with van der Waals surface area (Å²) in [5, 5.41) is 3.67. The first-order chi connectivity index (χ1) is 9.70. The molecule has 0 aliphatic carbocycles. The first kappa shape index (κ1) is 16.3. The molecule has 2 heterocycles. The van der Waals surface area contributed by atoms with Gasteiger partial charge in [0.15, 0.2) is 0 Å². The van der Waals surface area contributed by atoms with Crippen LogP contribution in [0.15, 0.2) is 0 Å². The van der Waals surface area contributed by atoms with Gasteiger partial charge in [0.2, 0.25) is 0 Å². The van der Waals surface area contributed by atoms with Crippen LogP contribution in [0.5, 0.6) is 0 Å². The second kappa shape index (κ2) is 8.35. The van der Waals surface area contributed by atoms with Crippen LogP contribution in [0.25, 0.3) is 0 Å². The maximum absolute atomic E-state index is 5.73. The third kappa shape index (κ3) is 4.71. The molecule has 118 valence electrons. The lowest BCUT2D eigenvalue weighted by Crippen LogP contribution is -2.56. The molecule has 1 N–H and O–H groups in total. The lowest BCUT2D eigenvalue weighted by atomic mass is 9.81. The molecule has 0 aromatic carbocycles. The second-order valence-corrected chi connectivity index (χ2v) is 7.02. The van der Waals surface area contributed by atoms with Gasteiger partial charge in [-0.3, -0.25) is 4.90 Å². The summed E-state index contributed by atoms with van der Waals surface area (Å²) in [5.41, 5.74) is 0. The predicted octanol–water partition coefficient (Wildman–Crippen LogP) is 3.04. The van der Waals surface area contributed by atoms with E-state index in [-0.39, 0.29) is 0 Å². The third-order valence-corrected chi connectivity index (χ3v) is 4.77. The molecule has 2 bridgehead atoms. The Balaban J connectivity index is 1.71. The van der Waals surface area contributed by atoms with Crippen LogP contribution in [-0.2, 0) is 4.74 Å². The highest BCUT2D eigenvalue weighted by Crippen LogP contribution is 2.34. The molecule has 0 radical (unpaired) electrons. The molecule has 2 aliphatic heterocycles. The molecule has 2 atom stereocenters.